The van der Waals surface area contributed by atoms with E-state index in [2.05, 4.69) is 33.0 Å². The fourth-order valence-corrected chi connectivity index (χ4v) is 12.2. The van der Waals surface area contributed by atoms with E-state index in [1.54, 1.807) is 0 Å². The van der Waals surface area contributed by atoms with Gasteiger partial charge in [0.05, 0.1) is 18.8 Å². The highest BCUT2D eigenvalue weighted by Gasteiger charge is 2.84. The fourth-order valence-electron chi connectivity index (χ4n) is 12.2. The number of fused-ring (bicyclic) bond motifs is 4. The molecule has 2 spiro atoms. The second-order valence-electron chi connectivity index (χ2n) is 14.3. The van der Waals surface area contributed by atoms with Crippen LogP contribution in [0.4, 0.5) is 0 Å². The molecule has 0 amide bonds. The van der Waals surface area contributed by atoms with E-state index in [1.807, 2.05) is 0 Å². The molecule has 5 heteroatoms. The topological polar surface area (TPSA) is 65.7 Å². The van der Waals surface area contributed by atoms with Crippen molar-refractivity contribution in [1.29, 1.82) is 0 Å². The third-order valence-corrected chi connectivity index (χ3v) is 13.4. The minimum atomic E-state index is -0.0737. The van der Waals surface area contributed by atoms with Gasteiger partial charge in [0, 0.05) is 31.7 Å². The zero-order chi connectivity index (χ0) is 23.5. The van der Waals surface area contributed by atoms with Crippen molar-refractivity contribution >= 4 is 0 Å². The van der Waals surface area contributed by atoms with E-state index in [-0.39, 0.29) is 11.7 Å². The zero-order valence-corrected chi connectivity index (χ0v) is 22.0. The van der Waals surface area contributed by atoms with Crippen molar-refractivity contribution in [3.63, 3.8) is 0 Å². The van der Waals surface area contributed by atoms with Crippen LogP contribution in [0.1, 0.15) is 79.1 Å². The van der Waals surface area contributed by atoms with Gasteiger partial charge in [-0.1, -0.05) is 27.7 Å². The SMILES string of the molecule is CC1C23CCC4(C)C(CC5OCCC(N)C54)C2CC[C@H]2C(C)(C)C(OC4CNCCO4)CCC123. The molecule has 192 valence electrons. The molecule has 2 aliphatic heterocycles. The molecule has 0 aromatic rings. The Hall–Kier alpha value is -0.200. The maximum atomic E-state index is 6.77. The van der Waals surface area contributed by atoms with Gasteiger partial charge >= 0.3 is 0 Å². The second kappa shape index (κ2) is 7.43. The third kappa shape index (κ3) is 2.64. The molecule has 5 saturated carbocycles. The minimum Gasteiger partial charge on any atom is -0.378 e. The molecule has 5 aliphatic carbocycles. The lowest BCUT2D eigenvalue weighted by atomic mass is 9.46. The summed E-state index contributed by atoms with van der Waals surface area (Å²) < 4.78 is 19.0. The van der Waals surface area contributed by atoms with E-state index >= 15 is 0 Å². The predicted octanol–water partition coefficient (Wildman–Crippen LogP) is 4.34. The van der Waals surface area contributed by atoms with Crippen molar-refractivity contribution in [3.8, 4) is 0 Å². The summed E-state index contributed by atoms with van der Waals surface area (Å²) in [6.07, 6.45) is 11.1. The van der Waals surface area contributed by atoms with Crippen LogP contribution in [-0.4, -0.2) is 50.8 Å². The van der Waals surface area contributed by atoms with Crippen LogP contribution in [-0.2, 0) is 14.2 Å². The highest BCUT2D eigenvalue weighted by Crippen LogP contribution is 2.89. The fraction of sp³-hybridized carbons (Fsp3) is 1.00. The summed E-state index contributed by atoms with van der Waals surface area (Å²) in [7, 11) is 0. The van der Waals surface area contributed by atoms with Crippen molar-refractivity contribution in [2.75, 3.05) is 26.3 Å². The van der Waals surface area contributed by atoms with Gasteiger partial charge in [-0.25, -0.2) is 0 Å². The first-order chi connectivity index (χ1) is 16.3. The molecule has 7 fully saturated rings. The second-order valence-corrected chi connectivity index (χ2v) is 14.3. The Morgan fingerprint density at radius 1 is 0.912 bits per heavy atom. The van der Waals surface area contributed by atoms with Crippen LogP contribution in [0.3, 0.4) is 0 Å². The van der Waals surface area contributed by atoms with Gasteiger partial charge in [-0.2, -0.15) is 0 Å². The summed E-state index contributed by atoms with van der Waals surface area (Å²) in [4.78, 5) is 0. The highest BCUT2D eigenvalue weighted by atomic mass is 16.7. The average molecular weight is 473 g/mol. The van der Waals surface area contributed by atoms with E-state index in [4.69, 9.17) is 19.9 Å². The van der Waals surface area contributed by atoms with Crippen molar-refractivity contribution in [1.82, 2.24) is 5.32 Å². The lowest BCUT2D eigenvalue weighted by Gasteiger charge is -2.60. The van der Waals surface area contributed by atoms with E-state index in [0.717, 1.165) is 56.4 Å². The summed E-state index contributed by atoms with van der Waals surface area (Å²) in [6.45, 7) is 13.7. The first-order valence-corrected chi connectivity index (χ1v) is 14.6. The smallest absolute Gasteiger partial charge is 0.170 e. The largest absolute Gasteiger partial charge is 0.378 e. The summed E-state index contributed by atoms with van der Waals surface area (Å²) in [5, 5.41) is 3.45. The van der Waals surface area contributed by atoms with E-state index in [0.29, 0.717) is 40.4 Å². The molecule has 2 heterocycles. The highest BCUT2D eigenvalue weighted by molar-refractivity contribution is 5.32. The van der Waals surface area contributed by atoms with Gasteiger partial charge in [0.15, 0.2) is 6.29 Å². The van der Waals surface area contributed by atoms with Crippen molar-refractivity contribution in [2.45, 2.75) is 104 Å². The summed E-state index contributed by atoms with van der Waals surface area (Å²) in [5.74, 6) is 3.89. The van der Waals surface area contributed by atoms with Gasteiger partial charge in [-0.05, 0) is 96.7 Å². The molecular formula is C29H48N2O3. The molecule has 0 aromatic carbocycles. The molecular weight excluding hydrogens is 424 g/mol. The normalized spacial score (nSPS) is 59.7. The maximum absolute atomic E-state index is 6.77. The van der Waals surface area contributed by atoms with Crippen LogP contribution in [0, 0.1) is 51.2 Å². The molecule has 34 heavy (non-hydrogen) atoms. The predicted molar refractivity (Wildman–Crippen MR) is 132 cm³/mol. The van der Waals surface area contributed by atoms with Gasteiger partial charge in [0.1, 0.15) is 0 Å². The molecule has 0 aromatic heterocycles. The maximum Gasteiger partial charge on any atom is 0.170 e. The quantitative estimate of drug-likeness (QED) is 0.626. The standard InChI is InChI=1S/C29H48N2O3/c1-17-28-11-10-27(4)19(15-21-25(27)20(30)8-13-32-21)18(28)5-6-22-26(2,3)23(7-9-29(17,22)28)34-24-16-31-12-14-33-24/h17-25,31H,5-16,30H2,1-4H3/t17?,18?,19?,20?,21?,22-,23?,24?,25?,27?,28?,29?/m0/s1. The minimum absolute atomic E-state index is 0.0737. The Morgan fingerprint density at radius 2 is 1.76 bits per heavy atom. The molecule has 7 aliphatic rings. The van der Waals surface area contributed by atoms with Gasteiger partial charge in [0.25, 0.3) is 0 Å². The number of ether oxygens (including phenoxy) is 3. The number of hydrogen-bond donors (Lipinski definition) is 2. The lowest BCUT2D eigenvalue weighted by molar-refractivity contribution is -0.232. The van der Waals surface area contributed by atoms with Gasteiger partial charge in [-0.15, -0.1) is 0 Å². The van der Waals surface area contributed by atoms with Crippen LogP contribution in [0.15, 0.2) is 0 Å². The first-order valence-electron chi connectivity index (χ1n) is 14.6. The Balaban J connectivity index is 1.17. The lowest BCUT2D eigenvalue weighted by Crippen LogP contribution is -2.56. The number of rotatable bonds is 2. The molecule has 5 nitrogen and oxygen atoms in total. The van der Waals surface area contributed by atoms with Gasteiger partial charge in [-0.3, -0.25) is 0 Å². The first kappa shape index (κ1) is 23.0. The Labute approximate surface area is 206 Å². The van der Waals surface area contributed by atoms with Gasteiger partial charge < -0.3 is 25.3 Å². The molecule has 3 N–H and O–H groups in total. The van der Waals surface area contributed by atoms with Crippen LogP contribution in [0.2, 0.25) is 0 Å². The van der Waals surface area contributed by atoms with E-state index in [9.17, 15) is 0 Å². The number of hydrogen-bond acceptors (Lipinski definition) is 5. The third-order valence-electron chi connectivity index (χ3n) is 13.4. The Bertz CT molecular complexity index is 828. The molecule has 7 rings (SSSR count). The van der Waals surface area contributed by atoms with Crippen LogP contribution in [0.25, 0.3) is 0 Å². The summed E-state index contributed by atoms with van der Waals surface area (Å²) >= 11 is 0. The van der Waals surface area contributed by atoms with Crippen molar-refractivity contribution in [3.05, 3.63) is 0 Å². The molecule has 12 atom stereocenters. The zero-order valence-electron chi connectivity index (χ0n) is 22.0. The van der Waals surface area contributed by atoms with Crippen LogP contribution >= 0.6 is 0 Å². The number of nitrogens with one attached hydrogen (secondary N) is 1. The number of nitrogens with two attached hydrogens (primary N) is 1. The Kier molecular flexibility index (Phi) is 5.02. The Morgan fingerprint density at radius 3 is 2.56 bits per heavy atom. The molecule has 2 saturated heterocycles. The molecule has 11 unspecified atom stereocenters. The van der Waals surface area contributed by atoms with E-state index in [1.165, 1.54) is 44.9 Å². The average Bonchev–Trinajstić information content (AvgIpc) is 3.17. The van der Waals surface area contributed by atoms with Crippen molar-refractivity contribution in [2.24, 2.45) is 57.0 Å². The monoisotopic (exact) mass is 472 g/mol. The van der Waals surface area contributed by atoms with Crippen LogP contribution in [0.5, 0.6) is 0 Å². The summed E-state index contributed by atoms with van der Waals surface area (Å²) in [5.41, 5.74) is 8.46. The molecule has 0 radical (unpaired) electrons. The van der Waals surface area contributed by atoms with E-state index < -0.39 is 0 Å². The summed E-state index contributed by atoms with van der Waals surface area (Å²) in [6, 6.07) is 0.341. The van der Waals surface area contributed by atoms with Gasteiger partial charge in [0.2, 0.25) is 0 Å². The number of morpholine rings is 1. The van der Waals surface area contributed by atoms with Crippen LogP contribution < -0.4 is 11.1 Å². The van der Waals surface area contributed by atoms with Crippen molar-refractivity contribution < 1.29 is 14.2 Å². The molecule has 0 bridgehead atoms.